The van der Waals surface area contributed by atoms with Gasteiger partial charge in [0, 0.05) is 12.2 Å². The van der Waals surface area contributed by atoms with E-state index < -0.39 is 10.0 Å². The highest BCUT2D eigenvalue weighted by Gasteiger charge is 2.31. The van der Waals surface area contributed by atoms with Crippen LogP contribution in [-0.2, 0) is 21.2 Å². The van der Waals surface area contributed by atoms with Crippen LogP contribution in [0, 0.1) is 6.92 Å². The standard InChI is InChI=1S/C27H30N2O3S/c1-20(2)22-12-14-24(15-13-22)29(33(31,32)25-16-10-21(3)11-17-25)19-27(30)28-18-6-8-23-7-4-5-9-26(23)28/h4-5,7,9-17,20H,6,8,18-19H2,1-3H3. The van der Waals surface area contributed by atoms with Crippen LogP contribution < -0.4 is 9.21 Å². The van der Waals surface area contributed by atoms with Crippen LogP contribution in [0.15, 0.2) is 77.7 Å². The Morgan fingerprint density at radius 1 is 0.970 bits per heavy atom. The summed E-state index contributed by atoms with van der Waals surface area (Å²) in [7, 11) is -3.93. The predicted octanol–water partition coefficient (Wildman–Crippen LogP) is 5.29. The molecule has 1 aliphatic rings. The normalized spacial score (nSPS) is 13.6. The number of sulfonamides is 1. The lowest BCUT2D eigenvalue weighted by Crippen LogP contribution is -2.45. The van der Waals surface area contributed by atoms with Gasteiger partial charge in [0.25, 0.3) is 10.0 Å². The summed E-state index contributed by atoms with van der Waals surface area (Å²) >= 11 is 0. The van der Waals surface area contributed by atoms with Crippen LogP contribution in [0.5, 0.6) is 0 Å². The molecule has 5 nitrogen and oxygen atoms in total. The Balaban J connectivity index is 1.72. The van der Waals surface area contributed by atoms with Gasteiger partial charge in [-0.25, -0.2) is 8.42 Å². The molecule has 1 heterocycles. The van der Waals surface area contributed by atoms with Crippen molar-refractivity contribution in [3.05, 3.63) is 89.5 Å². The molecule has 172 valence electrons. The molecule has 0 aliphatic carbocycles. The van der Waals surface area contributed by atoms with E-state index in [-0.39, 0.29) is 17.3 Å². The molecule has 1 aliphatic heterocycles. The zero-order valence-electron chi connectivity index (χ0n) is 19.4. The summed E-state index contributed by atoms with van der Waals surface area (Å²) in [4.78, 5) is 15.4. The zero-order chi connectivity index (χ0) is 23.6. The van der Waals surface area contributed by atoms with Gasteiger partial charge in [0.1, 0.15) is 6.54 Å². The van der Waals surface area contributed by atoms with E-state index in [1.807, 2.05) is 43.3 Å². The number of fused-ring (bicyclic) bond motifs is 1. The number of para-hydroxylation sites is 1. The largest absolute Gasteiger partial charge is 0.311 e. The summed E-state index contributed by atoms with van der Waals surface area (Å²) in [6.07, 6.45) is 1.78. The Kier molecular flexibility index (Phi) is 6.56. The number of carbonyl (C=O) groups is 1. The second-order valence-electron chi connectivity index (χ2n) is 8.85. The highest BCUT2D eigenvalue weighted by molar-refractivity contribution is 7.92. The van der Waals surface area contributed by atoms with Crippen LogP contribution in [0.1, 0.15) is 42.9 Å². The number of benzene rings is 3. The Morgan fingerprint density at radius 3 is 2.30 bits per heavy atom. The number of hydrogen-bond acceptors (Lipinski definition) is 3. The summed E-state index contributed by atoms with van der Waals surface area (Å²) in [6, 6.07) is 22.0. The molecule has 0 saturated carbocycles. The molecular weight excluding hydrogens is 432 g/mol. The van der Waals surface area contributed by atoms with Gasteiger partial charge in [-0.15, -0.1) is 0 Å². The van der Waals surface area contributed by atoms with E-state index in [1.165, 1.54) is 4.31 Å². The van der Waals surface area contributed by atoms with Crippen molar-refractivity contribution >= 4 is 27.3 Å². The molecule has 0 N–H and O–H groups in total. The van der Waals surface area contributed by atoms with Crippen LogP contribution in [0.3, 0.4) is 0 Å². The molecule has 6 heteroatoms. The SMILES string of the molecule is Cc1ccc(S(=O)(=O)N(CC(=O)N2CCCc3ccccc32)c2ccc(C(C)C)cc2)cc1. The molecule has 0 saturated heterocycles. The Morgan fingerprint density at radius 2 is 1.64 bits per heavy atom. The number of nitrogens with zero attached hydrogens (tertiary/aromatic N) is 2. The second kappa shape index (κ2) is 9.40. The van der Waals surface area contributed by atoms with Gasteiger partial charge in [-0.3, -0.25) is 9.10 Å². The van der Waals surface area contributed by atoms with Crippen molar-refractivity contribution in [1.82, 2.24) is 0 Å². The van der Waals surface area contributed by atoms with Gasteiger partial charge in [0.2, 0.25) is 5.91 Å². The van der Waals surface area contributed by atoms with Crippen LogP contribution >= 0.6 is 0 Å². The average Bonchev–Trinajstić information content (AvgIpc) is 2.82. The van der Waals surface area contributed by atoms with Gasteiger partial charge < -0.3 is 4.90 Å². The number of amides is 1. The third kappa shape index (κ3) is 4.81. The smallest absolute Gasteiger partial charge is 0.264 e. The fraction of sp³-hybridized carbons (Fsp3) is 0.296. The number of anilines is 2. The maximum absolute atomic E-state index is 13.7. The van der Waals surface area contributed by atoms with Crippen molar-refractivity contribution in [2.24, 2.45) is 0 Å². The quantitative estimate of drug-likeness (QED) is 0.500. The van der Waals surface area contributed by atoms with Crippen molar-refractivity contribution in [1.29, 1.82) is 0 Å². The molecule has 0 aromatic heterocycles. The lowest BCUT2D eigenvalue weighted by Gasteiger charge is -2.32. The van der Waals surface area contributed by atoms with Gasteiger partial charge in [0.15, 0.2) is 0 Å². The van der Waals surface area contributed by atoms with Gasteiger partial charge in [0.05, 0.1) is 10.6 Å². The minimum absolute atomic E-state index is 0.174. The lowest BCUT2D eigenvalue weighted by molar-refractivity contribution is -0.117. The third-order valence-corrected chi connectivity index (χ3v) is 7.93. The number of aryl methyl sites for hydroxylation is 2. The van der Waals surface area contributed by atoms with Crippen molar-refractivity contribution < 1.29 is 13.2 Å². The van der Waals surface area contributed by atoms with Crippen molar-refractivity contribution in [3.8, 4) is 0 Å². The molecule has 0 radical (unpaired) electrons. The molecule has 1 amide bonds. The second-order valence-corrected chi connectivity index (χ2v) is 10.7. The van der Waals surface area contributed by atoms with E-state index in [4.69, 9.17) is 0 Å². The predicted molar refractivity (Wildman–Crippen MR) is 133 cm³/mol. The van der Waals surface area contributed by atoms with Crippen molar-refractivity contribution in [2.45, 2.75) is 44.4 Å². The van der Waals surface area contributed by atoms with E-state index in [1.54, 1.807) is 41.3 Å². The average molecular weight is 463 g/mol. The van der Waals surface area contributed by atoms with Gasteiger partial charge in [-0.1, -0.05) is 61.9 Å². The van der Waals surface area contributed by atoms with Crippen molar-refractivity contribution in [3.63, 3.8) is 0 Å². The van der Waals surface area contributed by atoms with Gasteiger partial charge >= 0.3 is 0 Å². The van der Waals surface area contributed by atoms with E-state index in [9.17, 15) is 13.2 Å². The Bertz CT molecular complexity index is 1230. The minimum atomic E-state index is -3.93. The van der Waals surface area contributed by atoms with Crippen LogP contribution in [0.2, 0.25) is 0 Å². The lowest BCUT2D eigenvalue weighted by atomic mass is 10.0. The fourth-order valence-corrected chi connectivity index (χ4v) is 5.59. The third-order valence-electron chi connectivity index (χ3n) is 6.15. The van der Waals surface area contributed by atoms with E-state index in [0.717, 1.165) is 35.2 Å². The van der Waals surface area contributed by atoms with Crippen LogP contribution in [0.25, 0.3) is 0 Å². The minimum Gasteiger partial charge on any atom is -0.311 e. The van der Waals surface area contributed by atoms with Crippen molar-refractivity contribution in [2.75, 3.05) is 22.3 Å². The summed E-state index contributed by atoms with van der Waals surface area (Å²) < 4.78 is 28.6. The van der Waals surface area contributed by atoms with Gasteiger partial charge in [-0.2, -0.15) is 0 Å². The first-order valence-corrected chi connectivity index (χ1v) is 12.8. The van der Waals surface area contributed by atoms with E-state index in [0.29, 0.717) is 18.2 Å². The maximum atomic E-state index is 13.7. The van der Waals surface area contributed by atoms with E-state index in [2.05, 4.69) is 13.8 Å². The van der Waals surface area contributed by atoms with Crippen LogP contribution in [0.4, 0.5) is 11.4 Å². The Labute approximate surface area is 196 Å². The topological polar surface area (TPSA) is 57.7 Å². The molecule has 4 rings (SSSR count). The molecule has 3 aromatic carbocycles. The molecule has 0 fully saturated rings. The van der Waals surface area contributed by atoms with Crippen LogP contribution in [-0.4, -0.2) is 27.4 Å². The first kappa shape index (κ1) is 23.1. The molecule has 0 bridgehead atoms. The molecule has 0 spiro atoms. The molecule has 3 aromatic rings. The van der Waals surface area contributed by atoms with Gasteiger partial charge in [-0.05, 0) is 67.1 Å². The molecule has 33 heavy (non-hydrogen) atoms. The Hall–Kier alpha value is -3.12. The fourth-order valence-electron chi connectivity index (χ4n) is 4.18. The first-order chi connectivity index (χ1) is 15.8. The highest BCUT2D eigenvalue weighted by Crippen LogP contribution is 2.29. The maximum Gasteiger partial charge on any atom is 0.264 e. The molecule has 0 atom stereocenters. The summed E-state index contributed by atoms with van der Waals surface area (Å²) in [5.41, 5.74) is 4.56. The monoisotopic (exact) mass is 462 g/mol. The van der Waals surface area contributed by atoms with E-state index >= 15 is 0 Å². The molecule has 0 unspecified atom stereocenters. The zero-order valence-corrected chi connectivity index (χ0v) is 20.2. The first-order valence-electron chi connectivity index (χ1n) is 11.3. The molecular formula is C27H30N2O3S. The summed E-state index contributed by atoms with van der Waals surface area (Å²) in [5.74, 6) is 0.0958. The summed E-state index contributed by atoms with van der Waals surface area (Å²) in [5, 5.41) is 0. The highest BCUT2D eigenvalue weighted by atomic mass is 32.2. The number of carbonyl (C=O) groups excluding carboxylic acids is 1. The number of hydrogen-bond donors (Lipinski definition) is 0. The summed E-state index contributed by atoms with van der Waals surface area (Å²) in [6.45, 7) is 6.42. The number of rotatable bonds is 6.